The van der Waals surface area contributed by atoms with Gasteiger partial charge in [-0.05, 0) is 48.5 Å². The van der Waals surface area contributed by atoms with Crippen molar-refractivity contribution in [2.45, 2.75) is 0 Å². The van der Waals surface area contributed by atoms with E-state index in [1.807, 2.05) is 0 Å². The van der Waals surface area contributed by atoms with Gasteiger partial charge >= 0.3 is 0 Å². The molecule has 3 N–H and O–H groups in total. The Labute approximate surface area is 132 Å². The van der Waals surface area contributed by atoms with Crippen molar-refractivity contribution in [2.24, 2.45) is 0 Å². The van der Waals surface area contributed by atoms with E-state index < -0.39 is 10.0 Å². The Morgan fingerprint density at radius 2 is 1.67 bits per heavy atom. The topological polar surface area (TPSA) is 81.4 Å². The molecule has 0 heterocycles. The van der Waals surface area contributed by atoms with Crippen LogP contribution in [0.4, 0.5) is 11.4 Å². The number of ether oxygens (including phenoxy) is 1. The minimum atomic E-state index is -3.44. The Kier molecular flexibility index (Phi) is 5.08. The van der Waals surface area contributed by atoms with E-state index in [2.05, 4.69) is 20.7 Å². The maximum atomic E-state index is 11.9. The number of nitrogens with two attached hydrogens (primary N) is 1. The van der Waals surface area contributed by atoms with Crippen LogP contribution in [0, 0.1) is 0 Å². The standard InChI is InChI=1S/C14H15BrN2O3S/c15-11-1-5-13(6-2-11)17-21(18,19)10-9-20-14-7-3-12(16)4-8-14/h1-8,17H,9-10,16H2. The Morgan fingerprint density at radius 3 is 2.29 bits per heavy atom. The summed E-state index contributed by atoms with van der Waals surface area (Å²) in [5.74, 6) is 0.455. The highest BCUT2D eigenvalue weighted by Gasteiger charge is 2.10. The number of nitrogens with one attached hydrogen (secondary N) is 1. The lowest BCUT2D eigenvalue weighted by Crippen LogP contribution is -2.21. The van der Waals surface area contributed by atoms with Gasteiger partial charge in [0.05, 0.1) is 0 Å². The maximum absolute atomic E-state index is 11.9. The van der Waals surface area contributed by atoms with Crippen LogP contribution in [0.1, 0.15) is 0 Å². The Balaban J connectivity index is 1.86. The lowest BCUT2D eigenvalue weighted by molar-refractivity contribution is 0.341. The van der Waals surface area contributed by atoms with Crippen molar-refractivity contribution in [1.82, 2.24) is 0 Å². The molecule has 0 aliphatic heterocycles. The van der Waals surface area contributed by atoms with Crippen LogP contribution in [0.3, 0.4) is 0 Å². The average molecular weight is 371 g/mol. The number of sulfonamides is 1. The first-order valence-electron chi connectivity index (χ1n) is 6.19. The summed E-state index contributed by atoms with van der Waals surface area (Å²) < 4.78 is 32.6. The molecular formula is C14H15BrN2O3S. The molecular weight excluding hydrogens is 356 g/mol. The molecule has 0 radical (unpaired) electrons. The number of benzene rings is 2. The summed E-state index contributed by atoms with van der Waals surface area (Å²) in [5.41, 5.74) is 6.71. The highest BCUT2D eigenvalue weighted by molar-refractivity contribution is 9.10. The van der Waals surface area contributed by atoms with E-state index in [-0.39, 0.29) is 12.4 Å². The van der Waals surface area contributed by atoms with E-state index in [0.717, 1.165) is 4.47 Å². The van der Waals surface area contributed by atoms with Crippen LogP contribution >= 0.6 is 15.9 Å². The van der Waals surface area contributed by atoms with E-state index in [0.29, 0.717) is 17.1 Å². The first-order valence-corrected chi connectivity index (χ1v) is 8.63. The van der Waals surface area contributed by atoms with E-state index in [4.69, 9.17) is 10.5 Å². The molecule has 0 fully saturated rings. The van der Waals surface area contributed by atoms with Crippen LogP contribution in [-0.2, 0) is 10.0 Å². The van der Waals surface area contributed by atoms with Gasteiger partial charge in [-0.3, -0.25) is 4.72 Å². The molecule has 0 atom stereocenters. The van der Waals surface area contributed by atoms with E-state index in [1.165, 1.54) is 0 Å². The zero-order valence-corrected chi connectivity index (χ0v) is 13.5. The summed E-state index contributed by atoms with van der Waals surface area (Å²) in [7, 11) is -3.44. The van der Waals surface area contributed by atoms with E-state index >= 15 is 0 Å². The Bertz CT molecular complexity index is 685. The quantitative estimate of drug-likeness (QED) is 0.766. The molecule has 2 rings (SSSR count). The third kappa shape index (κ3) is 5.28. The van der Waals surface area contributed by atoms with Gasteiger partial charge in [0.2, 0.25) is 10.0 Å². The van der Waals surface area contributed by atoms with Crippen molar-refractivity contribution < 1.29 is 13.2 Å². The van der Waals surface area contributed by atoms with Crippen molar-refractivity contribution in [1.29, 1.82) is 0 Å². The predicted octanol–water partition coefficient (Wildman–Crippen LogP) is 2.85. The summed E-state index contributed by atoms with van der Waals surface area (Å²) in [6.07, 6.45) is 0. The van der Waals surface area contributed by atoms with Gasteiger partial charge in [-0.15, -0.1) is 0 Å². The van der Waals surface area contributed by atoms with Gasteiger partial charge in [-0.2, -0.15) is 0 Å². The highest BCUT2D eigenvalue weighted by Crippen LogP contribution is 2.16. The van der Waals surface area contributed by atoms with E-state index in [1.54, 1.807) is 48.5 Å². The molecule has 0 aliphatic rings. The molecule has 0 spiro atoms. The molecule has 7 heteroatoms. The van der Waals surface area contributed by atoms with Crippen LogP contribution in [-0.4, -0.2) is 20.8 Å². The monoisotopic (exact) mass is 370 g/mol. The fraction of sp³-hybridized carbons (Fsp3) is 0.143. The zero-order chi connectivity index (χ0) is 15.3. The molecule has 0 saturated carbocycles. The van der Waals surface area contributed by atoms with Crippen LogP contribution in [0.25, 0.3) is 0 Å². The second-order valence-corrected chi connectivity index (χ2v) is 7.10. The number of halogens is 1. The third-order valence-electron chi connectivity index (χ3n) is 2.62. The van der Waals surface area contributed by atoms with E-state index in [9.17, 15) is 8.42 Å². The van der Waals surface area contributed by atoms with Crippen molar-refractivity contribution in [2.75, 3.05) is 22.8 Å². The summed E-state index contributed by atoms with van der Waals surface area (Å²) in [6.45, 7) is 0.0653. The molecule has 21 heavy (non-hydrogen) atoms. The number of hydrogen-bond acceptors (Lipinski definition) is 4. The molecule has 5 nitrogen and oxygen atoms in total. The summed E-state index contributed by atoms with van der Waals surface area (Å²) in [6, 6.07) is 13.7. The van der Waals surface area contributed by atoms with Gasteiger partial charge in [-0.1, -0.05) is 15.9 Å². The first-order chi connectivity index (χ1) is 9.94. The normalized spacial score (nSPS) is 11.1. The number of rotatable bonds is 6. The summed E-state index contributed by atoms with van der Waals surface area (Å²) in [4.78, 5) is 0. The maximum Gasteiger partial charge on any atom is 0.236 e. The van der Waals surface area contributed by atoms with Crippen molar-refractivity contribution in [3.05, 3.63) is 53.0 Å². The lowest BCUT2D eigenvalue weighted by Gasteiger charge is -2.09. The molecule has 0 amide bonds. The predicted molar refractivity (Wildman–Crippen MR) is 87.9 cm³/mol. The first kappa shape index (κ1) is 15.7. The smallest absolute Gasteiger partial charge is 0.236 e. The van der Waals surface area contributed by atoms with Gasteiger partial charge in [-0.25, -0.2) is 8.42 Å². The average Bonchev–Trinajstić information content (AvgIpc) is 2.43. The van der Waals surface area contributed by atoms with Gasteiger partial charge in [0.25, 0.3) is 0 Å². The van der Waals surface area contributed by atoms with Crippen LogP contribution < -0.4 is 15.2 Å². The van der Waals surface area contributed by atoms with Crippen LogP contribution in [0.2, 0.25) is 0 Å². The largest absolute Gasteiger partial charge is 0.492 e. The second-order valence-electron chi connectivity index (χ2n) is 4.35. The van der Waals surface area contributed by atoms with Gasteiger partial charge in [0.1, 0.15) is 18.1 Å². The number of nitrogen functional groups attached to an aromatic ring is 1. The molecule has 0 bridgehead atoms. The summed E-state index contributed by atoms with van der Waals surface area (Å²) in [5, 5.41) is 0. The lowest BCUT2D eigenvalue weighted by atomic mass is 10.3. The van der Waals surface area contributed by atoms with Crippen molar-refractivity contribution in [3.63, 3.8) is 0 Å². The van der Waals surface area contributed by atoms with Gasteiger partial charge < -0.3 is 10.5 Å². The minimum Gasteiger partial charge on any atom is -0.492 e. The van der Waals surface area contributed by atoms with Crippen LogP contribution in [0.5, 0.6) is 5.75 Å². The molecule has 0 aromatic heterocycles. The molecule has 0 aliphatic carbocycles. The van der Waals surface area contributed by atoms with Gasteiger partial charge in [0.15, 0.2) is 0 Å². The fourth-order valence-corrected chi connectivity index (χ4v) is 2.75. The minimum absolute atomic E-state index is 0.0653. The highest BCUT2D eigenvalue weighted by atomic mass is 79.9. The molecule has 2 aromatic carbocycles. The SMILES string of the molecule is Nc1ccc(OCCS(=O)(=O)Nc2ccc(Br)cc2)cc1. The fourth-order valence-electron chi connectivity index (χ4n) is 1.58. The third-order valence-corrected chi connectivity index (χ3v) is 4.40. The number of hydrogen-bond donors (Lipinski definition) is 2. The van der Waals surface area contributed by atoms with Crippen molar-refractivity contribution in [3.8, 4) is 5.75 Å². The molecule has 112 valence electrons. The number of anilines is 2. The Hall–Kier alpha value is -1.73. The molecule has 0 unspecified atom stereocenters. The van der Waals surface area contributed by atoms with Crippen LogP contribution in [0.15, 0.2) is 53.0 Å². The van der Waals surface area contributed by atoms with Gasteiger partial charge in [0, 0.05) is 15.8 Å². The summed E-state index contributed by atoms with van der Waals surface area (Å²) >= 11 is 3.29. The van der Waals surface area contributed by atoms with Crippen molar-refractivity contribution >= 4 is 37.3 Å². The second kappa shape index (κ2) is 6.82. The molecule has 2 aromatic rings. The Morgan fingerprint density at radius 1 is 1.05 bits per heavy atom. The zero-order valence-electron chi connectivity index (χ0n) is 11.1. The molecule has 0 saturated heterocycles.